The summed E-state index contributed by atoms with van der Waals surface area (Å²) < 4.78 is 20.0. The number of hydrogen-bond acceptors (Lipinski definition) is 9. The highest BCUT2D eigenvalue weighted by Crippen LogP contribution is 2.37. The second kappa shape index (κ2) is 8.87. The number of nitrogens with two attached hydrogens (primary N) is 1. The largest absolute Gasteiger partial charge is 0.469 e. The molecule has 0 aromatic carbocycles. The van der Waals surface area contributed by atoms with Crippen LogP contribution >= 0.6 is 7.82 Å². The van der Waals surface area contributed by atoms with Gasteiger partial charge in [-0.3, -0.25) is 18.9 Å². The molecule has 0 aromatic heterocycles. The highest BCUT2D eigenvalue weighted by molar-refractivity contribution is 7.46. The molecule has 1 aliphatic rings. The fourth-order valence-corrected chi connectivity index (χ4v) is 2.23. The van der Waals surface area contributed by atoms with E-state index in [9.17, 15) is 29.2 Å². The van der Waals surface area contributed by atoms with Crippen molar-refractivity contribution in [3.63, 3.8) is 0 Å². The van der Waals surface area contributed by atoms with Gasteiger partial charge in [0.05, 0.1) is 6.61 Å². The summed E-state index contributed by atoms with van der Waals surface area (Å²) in [5.41, 5.74) is 4.47. The molecule has 0 spiro atoms. The average Bonchev–Trinajstić information content (AvgIpc) is 2.77. The quantitative estimate of drug-likeness (QED) is 0.101. The molecule has 142 valence electrons. The Bertz CT molecular complexity index is 592. The Morgan fingerprint density at radius 3 is 2.28 bits per heavy atom. The summed E-state index contributed by atoms with van der Waals surface area (Å²) >= 11 is 0. The minimum absolute atomic E-state index is 0.103. The Labute approximate surface area is 140 Å². The summed E-state index contributed by atoms with van der Waals surface area (Å²) in [6.07, 6.45) is -5.80. The van der Waals surface area contributed by atoms with Gasteiger partial charge in [-0.25, -0.2) is 4.57 Å². The van der Waals surface area contributed by atoms with Gasteiger partial charge in [-0.15, -0.1) is 0 Å². The number of ether oxygens (including phenoxy) is 1. The lowest BCUT2D eigenvalue weighted by Gasteiger charge is -2.21. The van der Waals surface area contributed by atoms with E-state index >= 15 is 0 Å². The Morgan fingerprint density at radius 2 is 1.80 bits per heavy atom. The molecule has 3 amide bonds. The van der Waals surface area contributed by atoms with Crippen molar-refractivity contribution in [3.05, 3.63) is 11.5 Å². The molecule has 9 N–H and O–H groups in total. The van der Waals surface area contributed by atoms with Gasteiger partial charge >= 0.3 is 7.82 Å². The van der Waals surface area contributed by atoms with E-state index in [1.54, 1.807) is 0 Å². The third-order valence-corrected chi connectivity index (χ3v) is 3.44. The van der Waals surface area contributed by atoms with Crippen molar-refractivity contribution in [2.75, 3.05) is 6.61 Å². The van der Waals surface area contributed by atoms with Crippen molar-refractivity contribution >= 4 is 26.6 Å². The van der Waals surface area contributed by atoms with Crippen LogP contribution in [0.25, 0.3) is 0 Å². The van der Waals surface area contributed by atoms with Crippen LogP contribution in [0.1, 0.15) is 0 Å². The summed E-state index contributed by atoms with van der Waals surface area (Å²) in [5, 5.41) is 26.0. The first-order chi connectivity index (χ1) is 11.6. The smallest absolute Gasteiger partial charge is 0.387 e. The molecule has 0 unspecified atom stereocenters. The maximum absolute atomic E-state index is 11.3. The number of phosphoric ester groups is 1. The molecule has 4 atom stereocenters. The van der Waals surface area contributed by atoms with Crippen LogP contribution in [0.15, 0.2) is 11.5 Å². The zero-order valence-corrected chi connectivity index (χ0v) is 13.3. The molecule has 0 saturated carbocycles. The molecule has 14 nitrogen and oxygen atoms in total. The molecule has 25 heavy (non-hydrogen) atoms. The first-order valence-corrected chi connectivity index (χ1v) is 8.06. The number of carbonyl (C=O) groups is 3. The molecule has 15 heteroatoms. The molecule has 0 aliphatic carbocycles. The van der Waals surface area contributed by atoms with Crippen molar-refractivity contribution in [2.45, 2.75) is 24.5 Å². The molecule has 1 heterocycles. The summed E-state index contributed by atoms with van der Waals surface area (Å²) in [4.78, 5) is 49.7. The van der Waals surface area contributed by atoms with E-state index in [1.165, 1.54) is 0 Å². The molecule has 1 saturated heterocycles. The third kappa shape index (κ3) is 6.06. The molecule has 0 radical (unpaired) electrons. The van der Waals surface area contributed by atoms with Gasteiger partial charge in [-0.05, 0) is 0 Å². The second-order valence-electron chi connectivity index (χ2n) is 4.65. The molecule has 0 bridgehead atoms. The number of carbonyl (C=O) groups excluding carboxylic acids is 3. The number of rotatable bonds is 10. The van der Waals surface area contributed by atoms with Crippen LogP contribution in [0, 0.1) is 0 Å². The third-order valence-electron chi connectivity index (χ3n) is 2.96. The van der Waals surface area contributed by atoms with Gasteiger partial charge in [0, 0.05) is 0 Å². The SMILES string of the molecule is NC(=O)/C(NC=O)=C(\NC=O)N[C@@H]1O[C@H](COP(=O)(O)O)[C@@H](O)[C@H]1O. The zero-order chi connectivity index (χ0) is 19.2. The number of amides is 3. The summed E-state index contributed by atoms with van der Waals surface area (Å²) in [5.74, 6) is -1.58. The number of primary amides is 1. The van der Waals surface area contributed by atoms with Crippen LogP contribution in [-0.2, 0) is 28.2 Å². The fraction of sp³-hybridized carbons (Fsp3) is 0.500. The maximum atomic E-state index is 11.3. The van der Waals surface area contributed by atoms with E-state index < -0.39 is 56.4 Å². The average molecular weight is 384 g/mol. The topological polar surface area (TPSA) is 230 Å². The zero-order valence-electron chi connectivity index (χ0n) is 12.4. The molecular formula is C10H17N4O10P. The van der Waals surface area contributed by atoms with Crippen LogP contribution in [0.2, 0.25) is 0 Å². The Balaban J connectivity index is 2.92. The maximum Gasteiger partial charge on any atom is 0.469 e. The number of aliphatic hydroxyl groups excluding tert-OH is 2. The lowest BCUT2D eigenvalue weighted by molar-refractivity contribution is -0.117. The van der Waals surface area contributed by atoms with Crippen LogP contribution < -0.4 is 21.7 Å². The highest BCUT2D eigenvalue weighted by atomic mass is 31.2. The van der Waals surface area contributed by atoms with Crippen molar-refractivity contribution in [2.24, 2.45) is 5.73 Å². The van der Waals surface area contributed by atoms with Gasteiger partial charge in [-0.2, -0.15) is 0 Å². The normalized spacial score (nSPS) is 27.2. The Kier molecular flexibility index (Phi) is 7.44. The van der Waals surface area contributed by atoms with E-state index in [1.807, 2.05) is 10.6 Å². The standard InChI is InChI=1S/C10H17N4O10P/c11-8(19)5(12-2-15)9(13-3-16)14-10-7(18)6(17)4(24-10)1-23-25(20,21)22/h2-4,6-7,10,14,17-18H,1H2,(H2,11,19)(H,12,15)(H,13,16)(H2,20,21,22)/b9-5-/t4-,6-,7-,10-/m1/s1. The predicted octanol–water partition coefficient (Wildman–Crippen LogP) is -4.72. The van der Waals surface area contributed by atoms with Crippen LogP contribution in [0.4, 0.5) is 0 Å². The van der Waals surface area contributed by atoms with E-state index in [0.29, 0.717) is 0 Å². The second-order valence-corrected chi connectivity index (χ2v) is 5.88. The molecule has 0 aromatic rings. The number of aliphatic hydroxyl groups is 2. The Morgan fingerprint density at radius 1 is 1.20 bits per heavy atom. The first kappa shape index (κ1) is 21.0. The highest BCUT2D eigenvalue weighted by Gasteiger charge is 2.44. The van der Waals surface area contributed by atoms with Gasteiger partial charge in [0.2, 0.25) is 12.8 Å². The van der Waals surface area contributed by atoms with E-state index in [-0.39, 0.29) is 12.8 Å². The van der Waals surface area contributed by atoms with Crippen LogP contribution in [0.3, 0.4) is 0 Å². The van der Waals surface area contributed by atoms with Crippen LogP contribution in [0.5, 0.6) is 0 Å². The monoisotopic (exact) mass is 384 g/mol. The summed E-state index contributed by atoms with van der Waals surface area (Å²) in [6.45, 7) is -0.754. The summed E-state index contributed by atoms with van der Waals surface area (Å²) in [7, 11) is -4.83. The Hall–Kier alpha value is -2.06. The molecule has 1 rings (SSSR count). The number of nitrogens with one attached hydrogen (secondary N) is 3. The number of phosphoric acid groups is 1. The first-order valence-electron chi connectivity index (χ1n) is 6.53. The van der Waals surface area contributed by atoms with Gasteiger partial charge in [0.25, 0.3) is 5.91 Å². The summed E-state index contributed by atoms with van der Waals surface area (Å²) in [6, 6.07) is 0. The van der Waals surface area contributed by atoms with E-state index in [4.69, 9.17) is 20.3 Å². The minimum Gasteiger partial charge on any atom is -0.387 e. The van der Waals surface area contributed by atoms with Crippen molar-refractivity contribution in [3.8, 4) is 0 Å². The lowest BCUT2D eigenvalue weighted by atomic mass is 10.1. The number of hydrogen-bond donors (Lipinski definition) is 8. The fourth-order valence-electron chi connectivity index (χ4n) is 1.89. The van der Waals surface area contributed by atoms with Gasteiger partial charge in [0.1, 0.15) is 29.8 Å². The van der Waals surface area contributed by atoms with Gasteiger partial charge < -0.3 is 46.4 Å². The van der Waals surface area contributed by atoms with Crippen LogP contribution in [-0.4, -0.2) is 69.9 Å². The van der Waals surface area contributed by atoms with Gasteiger partial charge in [0.15, 0.2) is 6.23 Å². The predicted molar refractivity (Wildman–Crippen MR) is 76.4 cm³/mol. The molecule has 1 fully saturated rings. The molecule has 1 aliphatic heterocycles. The van der Waals surface area contributed by atoms with Crippen molar-refractivity contribution in [1.82, 2.24) is 16.0 Å². The minimum atomic E-state index is -4.83. The lowest BCUT2D eigenvalue weighted by Crippen LogP contribution is -2.46. The van der Waals surface area contributed by atoms with Gasteiger partial charge in [-0.1, -0.05) is 0 Å². The van der Waals surface area contributed by atoms with E-state index in [0.717, 1.165) is 0 Å². The van der Waals surface area contributed by atoms with E-state index in [2.05, 4.69) is 9.84 Å². The van der Waals surface area contributed by atoms with Crippen molar-refractivity contribution < 1.29 is 48.2 Å². The van der Waals surface area contributed by atoms with Crippen molar-refractivity contribution in [1.29, 1.82) is 0 Å². The molecular weight excluding hydrogens is 367 g/mol.